The highest BCUT2D eigenvalue weighted by atomic mass is 16.3. The minimum absolute atomic E-state index is 0.0378. The molecule has 1 heterocycles. The summed E-state index contributed by atoms with van der Waals surface area (Å²) in [6.07, 6.45) is 0. The van der Waals surface area contributed by atoms with Crippen molar-refractivity contribution in [1.29, 1.82) is 0 Å². The molecule has 2 heteroatoms. The Bertz CT molecular complexity index is 3010. The molecule has 0 aliphatic heterocycles. The summed E-state index contributed by atoms with van der Waals surface area (Å²) in [7, 11) is 0. The first-order valence-corrected chi connectivity index (χ1v) is 19.7. The van der Waals surface area contributed by atoms with Crippen LogP contribution in [0.2, 0.25) is 0 Å². The van der Waals surface area contributed by atoms with E-state index in [1.807, 2.05) is 12.1 Å². The Balaban J connectivity index is 1.02. The van der Waals surface area contributed by atoms with Gasteiger partial charge in [0, 0.05) is 38.7 Å². The van der Waals surface area contributed by atoms with Crippen LogP contribution in [0, 0.1) is 0 Å². The largest absolute Gasteiger partial charge is 0.456 e. The molecule has 0 atom stereocenters. The van der Waals surface area contributed by atoms with Gasteiger partial charge < -0.3 is 9.32 Å². The van der Waals surface area contributed by atoms with Crippen molar-refractivity contribution in [2.45, 2.75) is 38.5 Å². The maximum absolute atomic E-state index is 6.14. The number of nitrogens with zero attached hydrogens (tertiary/aromatic N) is 1. The summed E-state index contributed by atoms with van der Waals surface area (Å²) in [6.45, 7) is 9.41. The van der Waals surface area contributed by atoms with E-state index in [-0.39, 0.29) is 10.8 Å². The maximum Gasteiger partial charge on any atom is 0.135 e. The monoisotopic (exact) mass is 719 g/mol. The summed E-state index contributed by atoms with van der Waals surface area (Å²) in [6, 6.07) is 64.6. The standard InChI is InChI=1S/C54H41NO/c1-53(2)47-17-9-6-14-44(47)52-40(15-11-18-48(52)53)35-22-27-38(28-23-35)55(39-29-30-42-41-12-5-8-16-46(41)54(3,4)49(42)33-39)37-25-20-34(21-26-37)36-24-31-51-45(32-36)43-13-7-10-19-50(43)56-51/h5-33H,1-4H3. The van der Waals surface area contributed by atoms with Crippen LogP contribution < -0.4 is 4.90 Å². The third kappa shape index (κ3) is 4.75. The lowest BCUT2D eigenvalue weighted by Crippen LogP contribution is -2.16. The summed E-state index contributed by atoms with van der Waals surface area (Å²) >= 11 is 0. The van der Waals surface area contributed by atoms with Crippen molar-refractivity contribution in [3.05, 3.63) is 198 Å². The predicted octanol–water partition coefficient (Wildman–Crippen LogP) is 15.0. The molecule has 0 radical (unpaired) electrons. The van der Waals surface area contributed by atoms with Gasteiger partial charge in [-0.1, -0.05) is 149 Å². The first-order chi connectivity index (χ1) is 27.3. The molecular weight excluding hydrogens is 679 g/mol. The number of furan rings is 1. The molecule has 2 nitrogen and oxygen atoms in total. The topological polar surface area (TPSA) is 16.4 Å². The molecule has 0 fully saturated rings. The number of fused-ring (bicyclic) bond motifs is 9. The average molecular weight is 720 g/mol. The smallest absolute Gasteiger partial charge is 0.135 e. The van der Waals surface area contributed by atoms with E-state index in [2.05, 4.69) is 196 Å². The second kappa shape index (κ2) is 11.9. The van der Waals surface area contributed by atoms with Gasteiger partial charge in [0.2, 0.25) is 0 Å². The first kappa shape index (κ1) is 32.8. The molecule has 2 aliphatic carbocycles. The number of hydrogen-bond acceptors (Lipinski definition) is 2. The number of anilines is 3. The van der Waals surface area contributed by atoms with Crippen molar-refractivity contribution < 1.29 is 4.42 Å². The van der Waals surface area contributed by atoms with Gasteiger partial charge >= 0.3 is 0 Å². The van der Waals surface area contributed by atoms with Crippen molar-refractivity contribution in [2.24, 2.45) is 0 Å². The summed E-state index contributed by atoms with van der Waals surface area (Å²) in [5, 5.41) is 2.28. The van der Waals surface area contributed by atoms with Crippen molar-refractivity contribution in [2.75, 3.05) is 4.90 Å². The van der Waals surface area contributed by atoms with Crippen molar-refractivity contribution >= 4 is 39.0 Å². The van der Waals surface area contributed by atoms with Crippen molar-refractivity contribution in [1.82, 2.24) is 0 Å². The number of benzene rings is 8. The van der Waals surface area contributed by atoms with Gasteiger partial charge in [-0.15, -0.1) is 0 Å². The average Bonchev–Trinajstić information content (AvgIpc) is 3.81. The van der Waals surface area contributed by atoms with Crippen LogP contribution in [0.1, 0.15) is 49.9 Å². The third-order valence-electron chi connectivity index (χ3n) is 12.7. The lowest BCUT2D eigenvalue weighted by atomic mass is 9.82. The Hall–Kier alpha value is -6.64. The zero-order valence-corrected chi connectivity index (χ0v) is 32.1. The van der Waals surface area contributed by atoms with Gasteiger partial charge in [-0.05, 0) is 121 Å². The molecule has 0 spiro atoms. The van der Waals surface area contributed by atoms with E-state index < -0.39 is 0 Å². The van der Waals surface area contributed by atoms with E-state index in [1.165, 1.54) is 66.8 Å². The molecule has 11 rings (SSSR count). The molecule has 0 saturated carbocycles. The predicted molar refractivity (Wildman–Crippen MR) is 234 cm³/mol. The molecule has 0 bridgehead atoms. The Labute approximate surface area is 328 Å². The van der Waals surface area contributed by atoms with E-state index >= 15 is 0 Å². The minimum Gasteiger partial charge on any atom is -0.456 e. The number of rotatable bonds is 5. The summed E-state index contributed by atoms with van der Waals surface area (Å²) in [5.41, 5.74) is 20.8. The number of para-hydroxylation sites is 1. The molecule has 0 amide bonds. The van der Waals surface area contributed by atoms with Crippen molar-refractivity contribution in [3.8, 4) is 44.5 Å². The number of hydrogen-bond donors (Lipinski definition) is 0. The zero-order chi connectivity index (χ0) is 37.8. The van der Waals surface area contributed by atoms with Gasteiger partial charge in [0.1, 0.15) is 11.2 Å². The van der Waals surface area contributed by atoms with Crippen LogP contribution in [-0.2, 0) is 10.8 Å². The highest BCUT2D eigenvalue weighted by Crippen LogP contribution is 2.53. The molecule has 8 aromatic carbocycles. The van der Waals surface area contributed by atoms with Gasteiger partial charge in [-0.2, -0.15) is 0 Å². The van der Waals surface area contributed by atoms with Crippen LogP contribution >= 0.6 is 0 Å². The molecular formula is C54H41NO. The Kier molecular flexibility index (Phi) is 6.98. The van der Waals surface area contributed by atoms with Crippen LogP contribution in [0.4, 0.5) is 17.1 Å². The van der Waals surface area contributed by atoms with E-state index in [0.717, 1.165) is 39.0 Å². The molecule has 0 N–H and O–H groups in total. The van der Waals surface area contributed by atoms with E-state index in [0.29, 0.717) is 0 Å². The normalized spacial score (nSPS) is 14.4. The fraction of sp³-hybridized carbons (Fsp3) is 0.111. The van der Waals surface area contributed by atoms with Crippen LogP contribution in [0.15, 0.2) is 180 Å². The second-order valence-corrected chi connectivity index (χ2v) is 16.5. The second-order valence-electron chi connectivity index (χ2n) is 16.5. The van der Waals surface area contributed by atoms with Gasteiger partial charge in [0.05, 0.1) is 0 Å². The highest BCUT2D eigenvalue weighted by molar-refractivity contribution is 6.06. The third-order valence-corrected chi connectivity index (χ3v) is 12.7. The van der Waals surface area contributed by atoms with Gasteiger partial charge in [-0.25, -0.2) is 0 Å². The zero-order valence-electron chi connectivity index (χ0n) is 32.1. The molecule has 0 saturated heterocycles. The lowest BCUT2D eigenvalue weighted by Gasteiger charge is -2.28. The van der Waals surface area contributed by atoms with Gasteiger partial charge in [0.15, 0.2) is 0 Å². The summed E-state index contributed by atoms with van der Waals surface area (Å²) in [5.74, 6) is 0. The van der Waals surface area contributed by atoms with Gasteiger partial charge in [-0.3, -0.25) is 0 Å². The SMILES string of the molecule is CC1(C)c2ccccc2-c2ccc(N(c3ccc(-c4ccc5oc6ccccc6c5c4)cc3)c3ccc(-c4cccc5c4-c4ccccc4C5(C)C)cc3)cc21. The molecule has 2 aliphatic rings. The minimum atomic E-state index is -0.102. The first-order valence-electron chi connectivity index (χ1n) is 19.7. The maximum atomic E-state index is 6.14. The Morgan fingerprint density at radius 1 is 0.357 bits per heavy atom. The van der Waals surface area contributed by atoms with Crippen LogP contribution in [0.25, 0.3) is 66.4 Å². The quantitative estimate of drug-likeness (QED) is 0.176. The molecule has 0 unspecified atom stereocenters. The lowest BCUT2D eigenvalue weighted by molar-refractivity contribution is 0.660. The summed E-state index contributed by atoms with van der Waals surface area (Å²) in [4.78, 5) is 2.41. The Morgan fingerprint density at radius 2 is 0.893 bits per heavy atom. The molecule has 9 aromatic rings. The summed E-state index contributed by atoms with van der Waals surface area (Å²) < 4.78 is 6.14. The van der Waals surface area contributed by atoms with E-state index in [1.54, 1.807) is 0 Å². The van der Waals surface area contributed by atoms with Gasteiger partial charge in [0.25, 0.3) is 0 Å². The highest BCUT2D eigenvalue weighted by Gasteiger charge is 2.37. The molecule has 1 aromatic heterocycles. The van der Waals surface area contributed by atoms with E-state index in [9.17, 15) is 0 Å². The van der Waals surface area contributed by atoms with E-state index in [4.69, 9.17) is 4.42 Å². The molecule has 268 valence electrons. The molecule has 56 heavy (non-hydrogen) atoms. The van der Waals surface area contributed by atoms with Crippen molar-refractivity contribution in [3.63, 3.8) is 0 Å². The van der Waals surface area contributed by atoms with Crippen LogP contribution in [0.5, 0.6) is 0 Å². The fourth-order valence-electron chi connectivity index (χ4n) is 9.77. The van der Waals surface area contributed by atoms with Crippen LogP contribution in [0.3, 0.4) is 0 Å². The van der Waals surface area contributed by atoms with Crippen LogP contribution in [-0.4, -0.2) is 0 Å². The Morgan fingerprint density at radius 3 is 1.66 bits per heavy atom. The fourth-order valence-corrected chi connectivity index (χ4v) is 9.77.